The molecule has 1 aromatic heterocycles. The molecular formula is C11H5BrCl4S. The van der Waals surface area contributed by atoms with Crippen molar-refractivity contribution in [3.63, 3.8) is 0 Å². The van der Waals surface area contributed by atoms with Gasteiger partial charge in [0, 0.05) is 15.6 Å². The topological polar surface area (TPSA) is 0 Å². The molecule has 17 heavy (non-hydrogen) atoms. The molecule has 0 saturated heterocycles. The Hall–Kier alpha value is 0.560. The molecule has 0 spiro atoms. The van der Waals surface area contributed by atoms with E-state index in [9.17, 15) is 0 Å². The Kier molecular flexibility index (Phi) is 4.67. The van der Waals surface area contributed by atoms with E-state index in [1.54, 1.807) is 12.1 Å². The van der Waals surface area contributed by atoms with E-state index in [4.69, 9.17) is 46.4 Å². The van der Waals surface area contributed by atoms with Gasteiger partial charge < -0.3 is 0 Å². The molecule has 0 radical (unpaired) electrons. The zero-order chi connectivity index (χ0) is 12.6. The fourth-order valence-electron chi connectivity index (χ4n) is 1.40. The maximum atomic E-state index is 6.15. The molecule has 0 aliphatic rings. The van der Waals surface area contributed by atoms with E-state index in [1.165, 1.54) is 11.3 Å². The second-order valence-corrected chi connectivity index (χ2v) is 7.35. The molecule has 2 rings (SSSR count). The molecule has 1 heterocycles. The lowest BCUT2D eigenvalue weighted by molar-refractivity contribution is 1.19. The minimum Gasteiger partial charge on any atom is -0.111 e. The molecule has 0 amide bonds. The quantitative estimate of drug-likeness (QED) is 0.492. The van der Waals surface area contributed by atoms with Crippen LogP contribution in [0.1, 0.15) is 16.0 Å². The normalized spacial score (nSPS) is 12.8. The molecule has 1 aromatic carbocycles. The van der Waals surface area contributed by atoms with E-state index in [0.29, 0.717) is 18.7 Å². The predicted molar refractivity (Wildman–Crippen MR) is 81.6 cm³/mol. The van der Waals surface area contributed by atoms with Gasteiger partial charge in [-0.3, -0.25) is 0 Å². The van der Waals surface area contributed by atoms with E-state index in [1.807, 2.05) is 12.1 Å². The van der Waals surface area contributed by atoms with Crippen molar-refractivity contribution in [2.45, 2.75) is 4.83 Å². The zero-order valence-corrected chi connectivity index (χ0v) is 13.6. The maximum Gasteiger partial charge on any atom is 0.0990 e. The predicted octanol–water partition coefficient (Wildman–Crippen LogP) is 6.85. The van der Waals surface area contributed by atoms with Gasteiger partial charge in [-0.2, -0.15) is 0 Å². The number of benzene rings is 1. The monoisotopic (exact) mass is 388 g/mol. The molecule has 90 valence electrons. The maximum absolute atomic E-state index is 6.15. The summed E-state index contributed by atoms with van der Waals surface area (Å²) < 4.78 is 1.31. The molecule has 0 aliphatic carbocycles. The van der Waals surface area contributed by atoms with Crippen molar-refractivity contribution in [3.05, 3.63) is 54.1 Å². The first-order valence-electron chi connectivity index (χ1n) is 4.53. The van der Waals surface area contributed by atoms with Crippen LogP contribution >= 0.6 is 73.7 Å². The number of thiophene rings is 1. The smallest absolute Gasteiger partial charge is 0.0990 e. The van der Waals surface area contributed by atoms with Gasteiger partial charge in [-0.15, -0.1) is 11.3 Å². The van der Waals surface area contributed by atoms with Gasteiger partial charge in [0.2, 0.25) is 0 Å². The summed E-state index contributed by atoms with van der Waals surface area (Å²) in [6.07, 6.45) is 0. The van der Waals surface area contributed by atoms with Crippen LogP contribution in [-0.4, -0.2) is 0 Å². The Morgan fingerprint density at radius 1 is 1.00 bits per heavy atom. The molecule has 0 nitrogen and oxygen atoms in total. The van der Waals surface area contributed by atoms with Gasteiger partial charge in [-0.05, 0) is 23.8 Å². The van der Waals surface area contributed by atoms with Crippen LogP contribution in [-0.2, 0) is 0 Å². The number of halogens is 5. The first kappa shape index (κ1) is 14.0. The summed E-state index contributed by atoms with van der Waals surface area (Å²) in [5.41, 5.74) is 1.82. The van der Waals surface area contributed by atoms with Crippen LogP contribution in [0.15, 0.2) is 24.3 Å². The highest BCUT2D eigenvalue weighted by molar-refractivity contribution is 9.09. The third-order valence-corrected chi connectivity index (χ3v) is 5.26. The van der Waals surface area contributed by atoms with E-state index in [2.05, 4.69) is 15.9 Å². The first-order valence-corrected chi connectivity index (χ1v) is 7.77. The standard InChI is InChI=1S/C11H5BrCl4S/c12-10(7-4-9(15)17-11(7)16)6-2-1-5(13)3-8(6)14/h1-4,10H. The van der Waals surface area contributed by atoms with Gasteiger partial charge in [0.25, 0.3) is 0 Å². The number of rotatable bonds is 2. The van der Waals surface area contributed by atoms with Crippen LogP contribution in [0.4, 0.5) is 0 Å². The second kappa shape index (κ2) is 5.68. The zero-order valence-electron chi connectivity index (χ0n) is 8.18. The summed E-state index contributed by atoms with van der Waals surface area (Å²) in [7, 11) is 0. The number of hydrogen-bond donors (Lipinski definition) is 0. The van der Waals surface area contributed by atoms with Crippen molar-refractivity contribution in [2.75, 3.05) is 0 Å². The second-order valence-electron chi connectivity index (χ2n) is 3.31. The summed E-state index contributed by atoms with van der Waals surface area (Å²) >= 11 is 28.9. The third-order valence-electron chi connectivity index (χ3n) is 2.19. The highest BCUT2D eigenvalue weighted by Gasteiger charge is 2.19. The van der Waals surface area contributed by atoms with Crippen LogP contribution in [0.5, 0.6) is 0 Å². The van der Waals surface area contributed by atoms with Crippen molar-refractivity contribution in [1.82, 2.24) is 0 Å². The Morgan fingerprint density at radius 2 is 1.71 bits per heavy atom. The Bertz CT molecular complexity index is 552. The summed E-state index contributed by atoms with van der Waals surface area (Å²) in [4.78, 5) is -0.0940. The van der Waals surface area contributed by atoms with Crippen LogP contribution < -0.4 is 0 Å². The van der Waals surface area contributed by atoms with Crippen LogP contribution in [0.2, 0.25) is 18.7 Å². The molecule has 1 unspecified atom stereocenters. The molecule has 0 N–H and O–H groups in total. The van der Waals surface area contributed by atoms with Gasteiger partial charge in [0.15, 0.2) is 0 Å². The van der Waals surface area contributed by atoms with Crippen molar-refractivity contribution in [1.29, 1.82) is 0 Å². The summed E-state index contributed by atoms with van der Waals surface area (Å²) in [6, 6.07) is 7.19. The molecule has 0 fully saturated rings. The molecule has 2 aromatic rings. The van der Waals surface area contributed by atoms with Gasteiger partial charge in [-0.1, -0.05) is 68.4 Å². The van der Waals surface area contributed by atoms with Crippen molar-refractivity contribution < 1.29 is 0 Å². The first-order chi connectivity index (χ1) is 7.99. The largest absolute Gasteiger partial charge is 0.111 e. The number of hydrogen-bond acceptors (Lipinski definition) is 1. The van der Waals surface area contributed by atoms with Gasteiger partial charge in [0.05, 0.1) is 13.5 Å². The average Bonchev–Trinajstić information content (AvgIpc) is 2.57. The van der Waals surface area contributed by atoms with E-state index >= 15 is 0 Å². The molecule has 1 atom stereocenters. The van der Waals surface area contributed by atoms with Crippen LogP contribution in [0.3, 0.4) is 0 Å². The Morgan fingerprint density at radius 3 is 2.24 bits per heavy atom. The SMILES string of the molecule is Clc1ccc(C(Br)c2cc(Cl)sc2Cl)c(Cl)c1. The van der Waals surface area contributed by atoms with Crippen molar-refractivity contribution in [2.24, 2.45) is 0 Å². The molecular weight excluding hydrogens is 386 g/mol. The average molecular weight is 391 g/mol. The van der Waals surface area contributed by atoms with E-state index < -0.39 is 0 Å². The Labute approximate surface area is 132 Å². The summed E-state index contributed by atoms with van der Waals surface area (Å²) in [6.45, 7) is 0. The molecule has 6 heteroatoms. The number of alkyl halides is 1. The van der Waals surface area contributed by atoms with E-state index in [-0.39, 0.29) is 4.83 Å². The molecule has 0 aliphatic heterocycles. The van der Waals surface area contributed by atoms with E-state index in [0.717, 1.165) is 11.1 Å². The van der Waals surface area contributed by atoms with Gasteiger partial charge >= 0.3 is 0 Å². The van der Waals surface area contributed by atoms with Crippen LogP contribution in [0, 0.1) is 0 Å². The van der Waals surface area contributed by atoms with Crippen molar-refractivity contribution in [3.8, 4) is 0 Å². The minimum atomic E-state index is -0.0940. The third kappa shape index (κ3) is 3.12. The highest BCUT2D eigenvalue weighted by atomic mass is 79.9. The highest BCUT2D eigenvalue weighted by Crippen LogP contribution is 2.43. The lowest BCUT2D eigenvalue weighted by atomic mass is 10.1. The fourth-order valence-corrected chi connectivity index (χ4v) is 4.63. The summed E-state index contributed by atoms with van der Waals surface area (Å²) in [5.74, 6) is 0. The lowest BCUT2D eigenvalue weighted by Crippen LogP contribution is -1.92. The Balaban J connectivity index is 2.43. The van der Waals surface area contributed by atoms with Gasteiger partial charge in [-0.25, -0.2) is 0 Å². The lowest BCUT2D eigenvalue weighted by Gasteiger charge is -2.11. The van der Waals surface area contributed by atoms with Crippen LogP contribution in [0.25, 0.3) is 0 Å². The van der Waals surface area contributed by atoms with Gasteiger partial charge in [0.1, 0.15) is 0 Å². The molecule has 0 saturated carbocycles. The fraction of sp³-hybridized carbons (Fsp3) is 0.0909. The summed E-state index contributed by atoms with van der Waals surface area (Å²) in [5, 5.41) is 1.20. The molecule has 0 bridgehead atoms. The van der Waals surface area contributed by atoms with Crippen molar-refractivity contribution >= 4 is 73.7 Å². The minimum absolute atomic E-state index is 0.0940.